The molecule has 0 amide bonds. The van der Waals surface area contributed by atoms with Crippen molar-refractivity contribution in [2.45, 2.75) is 25.3 Å². The number of thioether (sulfide) groups is 1. The molecule has 0 saturated carbocycles. The van der Waals surface area contributed by atoms with Crippen molar-refractivity contribution in [1.29, 1.82) is 0 Å². The number of nitrogens with one attached hydrogen (secondary N) is 1. The maximum atomic E-state index is 11.3. The molecule has 2 fully saturated rings. The minimum atomic E-state index is -0.600. The van der Waals surface area contributed by atoms with Crippen LogP contribution >= 0.6 is 11.8 Å². The molecule has 0 bridgehead atoms. The van der Waals surface area contributed by atoms with Gasteiger partial charge in [0.15, 0.2) is 0 Å². The summed E-state index contributed by atoms with van der Waals surface area (Å²) in [6.45, 7) is 0.990. The topological polar surface area (TPSA) is 49.3 Å². The fourth-order valence-corrected chi connectivity index (χ4v) is 3.75. The second-order valence-corrected chi connectivity index (χ2v) is 5.02. The number of piperidine rings is 1. The smallest absolute Gasteiger partial charge is 0.312 e. The van der Waals surface area contributed by atoms with Gasteiger partial charge in [-0.3, -0.25) is 4.79 Å². The first-order valence-corrected chi connectivity index (χ1v) is 5.96. The maximum absolute atomic E-state index is 11.3. The summed E-state index contributed by atoms with van der Waals surface area (Å²) in [6.07, 6.45) is 2.87. The minimum Gasteiger partial charge on any atom is -0.481 e. The lowest BCUT2D eigenvalue weighted by Crippen LogP contribution is -2.57. The Morgan fingerprint density at radius 2 is 2.46 bits per heavy atom. The van der Waals surface area contributed by atoms with Gasteiger partial charge in [0.05, 0.1) is 5.41 Å². The summed E-state index contributed by atoms with van der Waals surface area (Å²) in [5, 5.41) is 12.6. The Morgan fingerprint density at radius 3 is 3.15 bits per heavy atom. The Labute approximate surface area is 82.3 Å². The number of carboxylic acid groups (broad SMARTS) is 1. The van der Waals surface area contributed by atoms with Crippen molar-refractivity contribution in [2.75, 3.05) is 18.1 Å². The van der Waals surface area contributed by atoms with E-state index in [1.807, 2.05) is 0 Å². The van der Waals surface area contributed by atoms with Crippen LogP contribution in [0.2, 0.25) is 0 Å². The molecule has 3 nitrogen and oxygen atoms in total. The molecule has 2 atom stereocenters. The zero-order valence-electron chi connectivity index (χ0n) is 7.58. The van der Waals surface area contributed by atoms with Gasteiger partial charge in [-0.1, -0.05) is 0 Å². The molecule has 0 radical (unpaired) electrons. The predicted molar refractivity (Wildman–Crippen MR) is 53.0 cm³/mol. The highest BCUT2D eigenvalue weighted by atomic mass is 32.2. The fraction of sp³-hybridized carbons (Fsp3) is 0.889. The molecule has 2 heterocycles. The van der Waals surface area contributed by atoms with Gasteiger partial charge in [0.25, 0.3) is 0 Å². The van der Waals surface area contributed by atoms with Crippen LogP contribution in [0.15, 0.2) is 0 Å². The average molecular weight is 201 g/mol. The zero-order valence-corrected chi connectivity index (χ0v) is 8.40. The van der Waals surface area contributed by atoms with Crippen molar-refractivity contribution in [2.24, 2.45) is 5.41 Å². The minimum absolute atomic E-state index is 0.222. The van der Waals surface area contributed by atoms with Crippen LogP contribution in [0.25, 0.3) is 0 Å². The van der Waals surface area contributed by atoms with Gasteiger partial charge in [0.1, 0.15) is 0 Å². The summed E-state index contributed by atoms with van der Waals surface area (Å²) < 4.78 is 0. The number of rotatable bonds is 1. The Kier molecular flexibility index (Phi) is 2.51. The van der Waals surface area contributed by atoms with E-state index in [2.05, 4.69) is 5.32 Å². The highest BCUT2D eigenvalue weighted by Crippen LogP contribution is 2.40. The summed E-state index contributed by atoms with van der Waals surface area (Å²) in [6, 6.07) is 0.222. The third kappa shape index (κ3) is 1.46. The summed E-state index contributed by atoms with van der Waals surface area (Å²) in [7, 11) is 0. The van der Waals surface area contributed by atoms with Crippen LogP contribution in [-0.2, 0) is 4.79 Å². The first-order valence-electron chi connectivity index (χ1n) is 4.80. The molecule has 2 N–H and O–H groups in total. The van der Waals surface area contributed by atoms with Gasteiger partial charge in [-0.25, -0.2) is 0 Å². The van der Waals surface area contributed by atoms with E-state index in [9.17, 15) is 9.90 Å². The molecule has 2 unspecified atom stereocenters. The molecule has 4 heteroatoms. The van der Waals surface area contributed by atoms with Gasteiger partial charge in [-0.05, 0) is 31.6 Å². The predicted octanol–water partition coefficient (Wildman–Crippen LogP) is 0.946. The van der Waals surface area contributed by atoms with Crippen molar-refractivity contribution in [1.82, 2.24) is 5.32 Å². The lowest BCUT2D eigenvalue weighted by atomic mass is 9.74. The van der Waals surface area contributed by atoms with Gasteiger partial charge in [-0.2, -0.15) is 11.8 Å². The quantitative estimate of drug-likeness (QED) is 0.663. The summed E-state index contributed by atoms with van der Waals surface area (Å²) >= 11 is 1.79. The van der Waals surface area contributed by atoms with E-state index in [-0.39, 0.29) is 6.04 Å². The molecule has 0 aromatic rings. The Hall–Kier alpha value is -0.220. The zero-order chi connectivity index (χ0) is 9.31. The first-order chi connectivity index (χ1) is 6.26. The summed E-state index contributed by atoms with van der Waals surface area (Å²) in [5.74, 6) is 1.30. The molecule has 2 aliphatic rings. The van der Waals surface area contributed by atoms with Crippen molar-refractivity contribution < 1.29 is 9.90 Å². The highest BCUT2D eigenvalue weighted by molar-refractivity contribution is 7.99. The SMILES string of the molecule is O=C(O)C12CCCNC1CCSC2. The van der Waals surface area contributed by atoms with Crippen LogP contribution in [0.4, 0.5) is 0 Å². The van der Waals surface area contributed by atoms with Crippen molar-refractivity contribution in [3.8, 4) is 0 Å². The van der Waals surface area contributed by atoms with E-state index >= 15 is 0 Å². The molecule has 0 aromatic carbocycles. The monoisotopic (exact) mass is 201 g/mol. The van der Waals surface area contributed by atoms with Gasteiger partial charge in [0, 0.05) is 11.8 Å². The molecule has 0 aliphatic carbocycles. The number of carbonyl (C=O) groups is 1. The van der Waals surface area contributed by atoms with Gasteiger partial charge < -0.3 is 10.4 Å². The molecule has 0 spiro atoms. The van der Waals surface area contributed by atoms with Crippen LogP contribution in [0.5, 0.6) is 0 Å². The van der Waals surface area contributed by atoms with Crippen LogP contribution in [0.3, 0.4) is 0 Å². The number of hydrogen-bond donors (Lipinski definition) is 2. The van der Waals surface area contributed by atoms with Crippen LogP contribution in [0.1, 0.15) is 19.3 Å². The second kappa shape index (κ2) is 3.50. The third-order valence-corrected chi connectivity index (χ3v) is 4.44. The van der Waals surface area contributed by atoms with Gasteiger partial charge in [-0.15, -0.1) is 0 Å². The van der Waals surface area contributed by atoms with Gasteiger partial charge in [0.2, 0.25) is 0 Å². The molecule has 13 heavy (non-hydrogen) atoms. The first kappa shape index (κ1) is 9.34. The highest BCUT2D eigenvalue weighted by Gasteiger charge is 2.48. The number of hydrogen-bond acceptors (Lipinski definition) is 3. The van der Waals surface area contributed by atoms with E-state index in [4.69, 9.17) is 0 Å². The van der Waals surface area contributed by atoms with E-state index in [0.717, 1.165) is 37.3 Å². The standard InChI is InChI=1S/C9H15NO2S/c11-8(12)9-3-1-4-10-7(9)2-5-13-6-9/h7,10H,1-6H2,(H,11,12). The Balaban J connectivity index is 2.21. The van der Waals surface area contributed by atoms with Crippen molar-refractivity contribution >= 4 is 17.7 Å². The van der Waals surface area contributed by atoms with Crippen molar-refractivity contribution in [3.63, 3.8) is 0 Å². The maximum Gasteiger partial charge on any atom is 0.312 e. The third-order valence-electron chi connectivity index (χ3n) is 3.19. The molecule has 0 aromatic heterocycles. The Bertz CT molecular complexity index is 208. The molecule has 2 rings (SSSR count). The van der Waals surface area contributed by atoms with Crippen LogP contribution in [-0.4, -0.2) is 35.2 Å². The van der Waals surface area contributed by atoms with E-state index in [0.29, 0.717) is 0 Å². The largest absolute Gasteiger partial charge is 0.481 e. The fourth-order valence-electron chi connectivity index (χ4n) is 2.37. The molecule has 2 aliphatic heterocycles. The van der Waals surface area contributed by atoms with E-state index in [1.165, 1.54) is 0 Å². The summed E-state index contributed by atoms with van der Waals surface area (Å²) in [4.78, 5) is 11.3. The van der Waals surface area contributed by atoms with E-state index < -0.39 is 11.4 Å². The Morgan fingerprint density at radius 1 is 1.62 bits per heavy atom. The normalized spacial score (nSPS) is 39.5. The van der Waals surface area contributed by atoms with Crippen molar-refractivity contribution in [3.05, 3.63) is 0 Å². The number of carboxylic acids is 1. The lowest BCUT2D eigenvalue weighted by molar-refractivity contribution is -0.151. The molecular weight excluding hydrogens is 186 g/mol. The average Bonchev–Trinajstić information content (AvgIpc) is 2.17. The van der Waals surface area contributed by atoms with E-state index in [1.54, 1.807) is 11.8 Å². The number of aliphatic carboxylic acids is 1. The number of fused-ring (bicyclic) bond motifs is 1. The second-order valence-electron chi connectivity index (χ2n) is 3.91. The summed E-state index contributed by atoms with van der Waals surface area (Å²) in [5.41, 5.74) is -0.457. The van der Waals surface area contributed by atoms with Crippen LogP contribution in [0, 0.1) is 5.41 Å². The lowest BCUT2D eigenvalue weighted by Gasteiger charge is -2.44. The molecule has 74 valence electrons. The van der Waals surface area contributed by atoms with Gasteiger partial charge >= 0.3 is 5.97 Å². The van der Waals surface area contributed by atoms with Crippen LogP contribution < -0.4 is 5.32 Å². The molecule has 2 saturated heterocycles. The molecular formula is C9H15NO2S.